The number of aliphatic imine (C=N–C) groups is 1. The Morgan fingerprint density at radius 1 is 1.38 bits per heavy atom. The Kier molecular flexibility index (Phi) is 3.63. The van der Waals surface area contributed by atoms with Crippen LogP contribution < -0.4 is 10.0 Å². The molecule has 92 valence electrons. The minimum atomic E-state index is -3.23. The smallest absolute Gasteiger partial charge is 0.239 e. The molecule has 2 fully saturated rings. The van der Waals surface area contributed by atoms with Gasteiger partial charge in [-0.15, -0.1) is 0 Å². The van der Waals surface area contributed by atoms with E-state index in [-0.39, 0.29) is 11.3 Å². The molecule has 1 aliphatic carbocycles. The number of rotatable bonds is 2. The third-order valence-electron chi connectivity index (χ3n) is 3.03. The second-order valence-corrected chi connectivity index (χ2v) is 6.52. The fraction of sp³-hybridized carbons (Fsp3) is 0.889. The number of guanidine groups is 1. The van der Waals surface area contributed by atoms with Crippen LogP contribution in [0.25, 0.3) is 0 Å². The van der Waals surface area contributed by atoms with Gasteiger partial charge in [-0.05, 0) is 12.8 Å². The van der Waals surface area contributed by atoms with Gasteiger partial charge in [0.2, 0.25) is 16.0 Å². The highest BCUT2D eigenvalue weighted by Gasteiger charge is 2.40. The highest BCUT2D eigenvalue weighted by atomic mass is 32.2. The maximum Gasteiger partial charge on any atom is 0.239 e. The summed E-state index contributed by atoms with van der Waals surface area (Å²) in [5.74, 6) is 0.998. The lowest BCUT2D eigenvalue weighted by Gasteiger charge is -2.37. The second kappa shape index (κ2) is 4.83. The molecule has 2 rings (SSSR count). The Hall–Kier alpha value is -0.430. The monoisotopic (exact) mass is 263 g/mol. The van der Waals surface area contributed by atoms with Crippen molar-refractivity contribution >= 4 is 28.6 Å². The first kappa shape index (κ1) is 12.0. The lowest BCUT2D eigenvalue weighted by molar-refractivity contribution is 0.395. The first-order valence-electron chi connectivity index (χ1n) is 5.57. The van der Waals surface area contributed by atoms with Gasteiger partial charge in [-0.2, -0.15) is 12.6 Å². The number of nitrogens with zero attached hydrogens (tertiary/aromatic N) is 1. The molecule has 1 saturated heterocycles. The fourth-order valence-corrected chi connectivity index (χ4v) is 4.05. The summed E-state index contributed by atoms with van der Waals surface area (Å²) < 4.78 is 26.4. The Labute approximate surface area is 102 Å². The summed E-state index contributed by atoms with van der Waals surface area (Å²) in [5, 5.41) is 2.88. The quantitative estimate of drug-likeness (QED) is 0.619. The number of fused-ring (bicyclic) bond motifs is 1. The van der Waals surface area contributed by atoms with Gasteiger partial charge in [0.05, 0.1) is 6.54 Å². The van der Waals surface area contributed by atoms with E-state index in [0.29, 0.717) is 18.3 Å². The molecular weight excluding hydrogens is 246 g/mol. The van der Waals surface area contributed by atoms with Gasteiger partial charge in [-0.25, -0.2) is 8.42 Å². The van der Waals surface area contributed by atoms with Gasteiger partial charge < -0.3 is 5.32 Å². The van der Waals surface area contributed by atoms with Crippen molar-refractivity contribution in [1.29, 1.82) is 0 Å². The highest BCUT2D eigenvalue weighted by molar-refractivity contribution is 7.90. The van der Waals surface area contributed by atoms with Gasteiger partial charge >= 0.3 is 0 Å². The van der Waals surface area contributed by atoms with E-state index in [1.54, 1.807) is 0 Å². The highest BCUT2D eigenvalue weighted by Crippen LogP contribution is 2.25. The molecule has 0 radical (unpaired) electrons. The standard InChI is InChI=1S/C9H17N3O2S2/c13-16(14)8-4-2-1-3-7(8)11-9(12-16)10-5-6-15/h7-8,15H,1-6H2,(H2,10,11,12). The van der Waals surface area contributed by atoms with E-state index in [2.05, 4.69) is 27.7 Å². The van der Waals surface area contributed by atoms with Gasteiger partial charge in [0.1, 0.15) is 5.25 Å². The van der Waals surface area contributed by atoms with Crippen LogP contribution in [0.2, 0.25) is 0 Å². The molecule has 0 aromatic rings. The van der Waals surface area contributed by atoms with Crippen LogP contribution in [0, 0.1) is 0 Å². The minimum Gasteiger partial charge on any atom is -0.351 e. The van der Waals surface area contributed by atoms with E-state index in [1.807, 2.05) is 0 Å². The average molecular weight is 263 g/mol. The van der Waals surface area contributed by atoms with E-state index < -0.39 is 10.0 Å². The maximum absolute atomic E-state index is 11.9. The number of sulfonamides is 1. The van der Waals surface area contributed by atoms with E-state index in [4.69, 9.17) is 0 Å². The zero-order valence-corrected chi connectivity index (χ0v) is 10.7. The molecule has 1 saturated carbocycles. The van der Waals surface area contributed by atoms with Crippen LogP contribution in [0.3, 0.4) is 0 Å². The van der Waals surface area contributed by atoms with Gasteiger partial charge in [0.15, 0.2) is 0 Å². The maximum atomic E-state index is 11.9. The summed E-state index contributed by atoms with van der Waals surface area (Å²) >= 11 is 4.04. The molecular formula is C9H17N3O2S2. The third kappa shape index (κ3) is 2.45. The van der Waals surface area contributed by atoms with Crippen molar-refractivity contribution in [1.82, 2.24) is 10.0 Å². The summed E-state index contributed by atoms with van der Waals surface area (Å²) in [6.45, 7) is 0.519. The lowest BCUT2D eigenvalue weighted by atomic mass is 9.95. The van der Waals surface area contributed by atoms with Gasteiger partial charge in [-0.3, -0.25) is 9.71 Å². The van der Waals surface area contributed by atoms with Crippen LogP contribution >= 0.6 is 12.6 Å². The van der Waals surface area contributed by atoms with Crippen LogP contribution in [-0.4, -0.2) is 38.0 Å². The molecule has 2 aliphatic rings. The van der Waals surface area contributed by atoms with Crippen molar-refractivity contribution in [2.75, 3.05) is 12.3 Å². The van der Waals surface area contributed by atoms with Crippen molar-refractivity contribution in [2.24, 2.45) is 4.99 Å². The molecule has 5 nitrogen and oxygen atoms in total. The molecule has 0 amide bonds. The Balaban J connectivity index is 2.15. The summed E-state index contributed by atoms with van der Waals surface area (Å²) in [6, 6.07) is 0.0265. The molecule has 2 N–H and O–H groups in total. The number of hydrogen-bond donors (Lipinski definition) is 3. The fourth-order valence-electron chi connectivity index (χ4n) is 2.29. The van der Waals surface area contributed by atoms with Gasteiger partial charge in [-0.1, -0.05) is 12.8 Å². The second-order valence-electron chi connectivity index (χ2n) is 4.17. The summed E-state index contributed by atoms with van der Waals surface area (Å²) in [4.78, 5) is 4.13. The molecule has 2 unspecified atom stereocenters. The Morgan fingerprint density at radius 2 is 2.12 bits per heavy atom. The van der Waals surface area contributed by atoms with E-state index >= 15 is 0 Å². The van der Waals surface area contributed by atoms with Crippen molar-refractivity contribution < 1.29 is 8.42 Å². The first-order valence-corrected chi connectivity index (χ1v) is 7.75. The average Bonchev–Trinajstić information content (AvgIpc) is 2.25. The summed E-state index contributed by atoms with van der Waals surface area (Å²) in [6.07, 6.45) is 3.73. The lowest BCUT2D eigenvalue weighted by Crippen LogP contribution is -2.62. The first-order chi connectivity index (χ1) is 7.63. The Bertz CT molecular complexity index is 380. The number of nitrogens with one attached hydrogen (secondary N) is 2. The SMILES string of the molecule is O=S1(=O)NC(=NCCS)NC2CCCCC21. The van der Waals surface area contributed by atoms with Crippen LogP contribution in [-0.2, 0) is 10.0 Å². The molecule has 1 heterocycles. The number of hydrogen-bond acceptors (Lipinski definition) is 4. The van der Waals surface area contributed by atoms with E-state index in [1.165, 1.54) is 0 Å². The predicted octanol–water partition coefficient (Wildman–Crippen LogP) is 0.106. The summed E-state index contributed by atoms with van der Waals surface area (Å²) in [5.41, 5.74) is 0. The van der Waals surface area contributed by atoms with E-state index in [9.17, 15) is 8.42 Å². The Morgan fingerprint density at radius 3 is 2.88 bits per heavy atom. The molecule has 1 aliphatic heterocycles. The predicted molar refractivity (Wildman–Crippen MR) is 67.4 cm³/mol. The zero-order valence-electron chi connectivity index (χ0n) is 9.02. The largest absolute Gasteiger partial charge is 0.351 e. The van der Waals surface area contributed by atoms with Gasteiger partial charge in [0.25, 0.3) is 0 Å². The molecule has 2 atom stereocenters. The van der Waals surface area contributed by atoms with Crippen molar-refractivity contribution in [3.05, 3.63) is 0 Å². The van der Waals surface area contributed by atoms with Crippen LogP contribution in [0.15, 0.2) is 4.99 Å². The molecule has 7 heteroatoms. The molecule has 0 aromatic carbocycles. The van der Waals surface area contributed by atoms with Crippen molar-refractivity contribution in [3.63, 3.8) is 0 Å². The number of thiol groups is 1. The minimum absolute atomic E-state index is 0.0265. The topological polar surface area (TPSA) is 70.6 Å². The van der Waals surface area contributed by atoms with Crippen LogP contribution in [0.4, 0.5) is 0 Å². The normalized spacial score (nSPS) is 34.9. The van der Waals surface area contributed by atoms with Crippen LogP contribution in [0.5, 0.6) is 0 Å². The molecule has 16 heavy (non-hydrogen) atoms. The summed E-state index contributed by atoms with van der Waals surface area (Å²) in [7, 11) is -3.23. The third-order valence-corrected chi connectivity index (χ3v) is 5.07. The molecule has 0 aromatic heterocycles. The van der Waals surface area contributed by atoms with Gasteiger partial charge in [0, 0.05) is 11.8 Å². The van der Waals surface area contributed by atoms with Crippen molar-refractivity contribution in [3.8, 4) is 0 Å². The zero-order chi connectivity index (χ0) is 11.6. The molecule has 0 bridgehead atoms. The van der Waals surface area contributed by atoms with Crippen LogP contribution in [0.1, 0.15) is 25.7 Å². The molecule has 0 spiro atoms. The van der Waals surface area contributed by atoms with Crippen molar-refractivity contribution in [2.45, 2.75) is 37.0 Å². The van der Waals surface area contributed by atoms with E-state index in [0.717, 1.165) is 25.7 Å².